The van der Waals surface area contributed by atoms with Crippen LogP contribution in [0.25, 0.3) is 0 Å². The fourth-order valence-electron chi connectivity index (χ4n) is 3.91. The van der Waals surface area contributed by atoms with E-state index < -0.39 is 0 Å². The fourth-order valence-corrected chi connectivity index (χ4v) is 3.91. The summed E-state index contributed by atoms with van der Waals surface area (Å²) < 4.78 is 5.83. The number of nitriles is 1. The molecule has 0 N–H and O–H groups in total. The summed E-state index contributed by atoms with van der Waals surface area (Å²) in [7, 11) is 2.24. The molecule has 2 rings (SSSR count). The predicted molar refractivity (Wildman–Crippen MR) is 89.7 cm³/mol. The highest BCUT2D eigenvalue weighted by Gasteiger charge is 2.47. The van der Waals surface area contributed by atoms with Crippen molar-refractivity contribution in [1.29, 1.82) is 5.26 Å². The number of rotatable bonds is 5. The van der Waals surface area contributed by atoms with Gasteiger partial charge in [-0.25, -0.2) is 0 Å². The first-order valence-corrected chi connectivity index (χ1v) is 8.78. The summed E-state index contributed by atoms with van der Waals surface area (Å²) in [5, 5.41) is 9.87. The van der Waals surface area contributed by atoms with Crippen molar-refractivity contribution in [2.45, 2.75) is 70.6 Å². The second-order valence-corrected chi connectivity index (χ2v) is 8.23. The molecule has 0 spiro atoms. The van der Waals surface area contributed by atoms with Gasteiger partial charge in [-0.2, -0.15) is 5.26 Å². The molecule has 2 fully saturated rings. The molecule has 4 nitrogen and oxygen atoms in total. The van der Waals surface area contributed by atoms with E-state index in [1.54, 1.807) is 0 Å². The lowest BCUT2D eigenvalue weighted by molar-refractivity contribution is -0.100. The van der Waals surface area contributed by atoms with Crippen molar-refractivity contribution in [3.05, 3.63) is 0 Å². The molecule has 1 unspecified atom stereocenters. The highest BCUT2D eigenvalue weighted by atomic mass is 16.5. The summed E-state index contributed by atoms with van der Waals surface area (Å²) in [5.74, 6) is 0.752. The second kappa shape index (κ2) is 6.86. The fraction of sp³-hybridized carbons (Fsp3) is 0.944. The maximum Gasteiger partial charge on any atom is 0.114 e. The van der Waals surface area contributed by atoms with Crippen molar-refractivity contribution < 1.29 is 4.74 Å². The number of ether oxygens (including phenoxy) is 1. The van der Waals surface area contributed by atoms with Crippen LogP contribution in [0.5, 0.6) is 0 Å². The van der Waals surface area contributed by atoms with Gasteiger partial charge in [0.05, 0.1) is 18.3 Å². The van der Waals surface area contributed by atoms with Crippen LogP contribution in [0.3, 0.4) is 0 Å². The molecule has 0 saturated carbocycles. The highest BCUT2D eigenvalue weighted by molar-refractivity contribution is 5.14. The van der Waals surface area contributed by atoms with Gasteiger partial charge in [0.1, 0.15) is 5.54 Å². The molecule has 0 amide bonds. The molecule has 0 aromatic carbocycles. The van der Waals surface area contributed by atoms with Gasteiger partial charge in [0.15, 0.2) is 0 Å². The van der Waals surface area contributed by atoms with Gasteiger partial charge in [0.2, 0.25) is 0 Å². The lowest BCUT2D eigenvalue weighted by atomic mass is 9.81. The first-order valence-electron chi connectivity index (χ1n) is 8.78. The Morgan fingerprint density at radius 3 is 2.73 bits per heavy atom. The van der Waals surface area contributed by atoms with Crippen LogP contribution in [0.1, 0.15) is 53.4 Å². The average molecular weight is 307 g/mol. The van der Waals surface area contributed by atoms with Crippen LogP contribution in [-0.4, -0.2) is 60.3 Å². The molecule has 2 atom stereocenters. The van der Waals surface area contributed by atoms with E-state index in [0.717, 1.165) is 38.4 Å². The monoisotopic (exact) mass is 307 g/mol. The Morgan fingerprint density at radius 2 is 2.14 bits per heavy atom. The molecule has 2 saturated heterocycles. The van der Waals surface area contributed by atoms with Gasteiger partial charge in [0, 0.05) is 32.0 Å². The van der Waals surface area contributed by atoms with Crippen molar-refractivity contribution in [1.82, 2.24) is 9.80 Å². The normalized spacial score (nSPS) is 32.5. The Morgan fingerprint density at radius 1 is 1.41 bits per heavy atom. The van der Waals surface area contributed by atoms with E-state index in [-0.39, 0.29) is 11.1 Å². The molecule has 2 aliphatic heterocycles. The van der Waals surface area contributed by atoms with E-state index >= 15 is 0 Å². The Labute approximate surface area is 136 Å². The molecule has 0 aromatic rings. The summed E-state index contributed by atoms with van der Waals surface area (Å²) in [4.78, 5) is 4.93. The van der Waals surface area contributed by atoms with Crippen molar-refractivity contribution >= 4 is 0 Å². The van der Waals surface area contributed by atoms with Gasteiger partial charge in [-0.3, -0.25) is 4.90 Å². The summed E-state index contributed by atoms with van der Waals surface area (Å²) in [6, 6.07) is 3.24. The number of hydrogen-bond acceptors (Lipinski definition) is 4. The highest BCUT2D eigenvalue weighted by Crippen LogP contribution is 2.38. The molecular formula is C18H33N3O. The molecule has 4 heteroatoms. The van der Waals surface area contributed by atoms with Gasteiger partial charge in [0.25, 0.3) is 0 Å². The quantitative estimate of drug-likeness (QED) is 0.783. The molecule has 2 heterocycles. The van der Waals surface area contributed by atoms with Crippen molar-refractivity contribution in [2.24, 2.45) is 5.92 Å². The summed E-state index contributed by atoms with van der Waals surface area (Å²) in [6.45, 7) is 12.7. The number of likely N-dealkylation sites (tertiary alicyclic amines) is 1. The predicted octanol–water partition coefficient (Wildman–Crippen LogP) is 2.89. The molecule has 0 aliphatic carbocycles. The van der Waals surface area contributed by atoms with E-state index in [9.17, 15) is 5.26 Å². The zero-order chi connectivity index (χ0) is 16.4. The Bertz CT molecular complexity index is 415. The van der Waals surface area contributed by atoms with Crippen molar-refractivity contribution in [3.63, 3.8) is 0 Å². The van der Waals surface area contributed by atoms with Gasteiger partial charge < -0.3 is 9.64 Å². The van der Waals surface area contributed by atoms with Gasteiger partial charge in [-0.05, 0) is 46.2 Å². The molecule has 126 valence electrons. The Hall–Kier alpha value is -0.630. The largest absolute Gasteiger partial charge is 0.375 e. The maximum atomic E-state index is 9.87. The molecule has 2 aliphatic rings. The maximum absolute atomic E-state index is 9.87. The zero-order valence-corrected chi connectivity index (χ0v) is 15.1. The number of hydrogen-bond donors (Lipinski definition) is 0. The topological polar surface area (TPSA) is 39.5 Å². The molecular weight excluding hydrogens is 274 g/mol. The molecule has 0 bridgehead atoms. The lowest BCUT2D eigenvalue weighted by Crippen LogP contribution is -2.55. The van der Waals surface area contributed by atoms with Crippen LogP contribution in [0.2, 0.25) is 0 Å². The van der Waals surface area contributed by atoms with Crippen LogP contribution in [0.15, 0.2) is 0 Å². The lowest BCUT2D eigenvalue weighted by Gasteiger charge is -2.45. The third-order valence-corrected chi connectivity index (χ3v) is 5.39. The van der Waals surface area contributed by atoms with Crippen LogP contribution < -0.4 is 0 Å². The molecule has 0 aromatic heterocycles. The number of nitrogens with zero attached hydrogens (tertiary/aromatic N) is 3. The van der Waals surface area contributed by atoms with Gasteiger partial charge >= 0.3 is 0 Å². The van der Waals surface area contributed by atoms with E-state index in [2.05, 4.69) is 50.6 Å². The summed E-state index contributed by atoms with van der Waals surface area (Å²) in [6.07, 6.45) is 4.09. The van der Waals surface area contributed by atoms with E-state index in [4.69, 9.17) is 4.74 Å². The minimum Gasteiger partial charge on any atom is -0.375 e. The van der Waals surface area contributed by atoms with E-state index in [0.29, 0.717) is 12.6 Å². The molecule has 22 heavy (non-hydrogen) atoms. The minimum atomic E-state index is -0.324. The minimum absolute atomic E-state index is 0.185. The summed E-state index contributed by atoms with van der Waals surface area (Å²) in [5.41, 5.74) is -0.509. The van der Waals surface area contributed by atoms with Gasteiger partial charge in [-0.1, -0.05) is 13.8 Å². The standard InChI is InChI=1S/C18H33N3O/c1-15(2)6-9-20(5)16-7-10-21(12-16)18(14-19)8-11-22-17(3,4)13-18/h15-16H,6-13H2,1-5H3/t16-,18?/m1/s1. The van der Waals surface area contributed by atoms with Crippen LogP contribution in [-0.2, 0) is 4.74 Å². The third-order valence-electron chi connectivity index (χ3n) is 5.39. The van der Waals surface area contributed by atoms with E-state index in [1.165, 1.54) is 12.8 Å². The zero-order valence-electron chi connectivity index (χ0n) is 15.1. The average Bonchev–Trinajstić information content (AvgIpc) is 2.93. The Kier molecular flexibility index (Phi) is 5.53. The Balaban J connectivity index is 1.97. The van der Waals surface area contributed by atoms with Crippen molar-refractivity contribution in [3.8, 4) is 6.07 Å². The van der Waals surface area contributed by atoms with Crippen LogP contribution in [0.4, 0.5) is 0 Å². The molecule has 0 radical (unpaired) electrons. The number of likely N-dealkylation sites (N-methyl/N-ethyl adjacent to an activating group) is 1. The van der Waals surface area contributed by atoms with Crippen molar-refractivity contribution in [2.75, 3.05) is 33.3 Å². The SMILES string of the molecule is CC(C)CCN(C)[C@@H]1CCN(C2(C#N)CCOC(C)(C)C2)C1. The second-order valence-electron chi connectivity index (χ2n) is 8.23. The van der Waals surface area contributed by atoms with Gasteiger partial charge in [-0.15, -0.1) is 0 Å². The van der Waals surface area contributed by atoms with Crippen LogP contribution in [0, 0.1) is 17.2 Å². The van der Waals surface area contributed by atoms with E-state index in [1.807, 2.05) is 0 Å². The van der Waals surface area contributed by atoms with Crippen LogP contribution >= 0.6 is 0 Å². The smallest absolute Gasteiger partial charge is 0.114 e. The first-order chi connectivity index (χ1) is 10.3. The first kappa shape index (κ1) is 17.7. The third kappa shape index (κ3) is 4.01. The summed E-state index contributed by atoms with van der Waals surface area (Å²) >= 11 is 0.